The summed E-state index contributed by atoms with van der Waals surface area (Å²) in [5.41, 5.74) is 8.37. The second-order valence-corrected chi connectivity index (χ2v) is 5.36. The van der Waals surface area contributed by atoms with Crippen LogP contribution in [0.25, 0.3) is 0 Å². The number of benzene rings is 2. The minimum atomic E-state index is 0.562. The van der Waals surface area contributed by atoms with Crippen LogP contribution >= 0.6 is 34.2 Å². The van der Waals surface area contributed by atoms with Crippen molar-refractivity contribution in [2.75, 3.05) is 18.2 Å². The summed E-state index contributed by atoms with van der Waals surface area (Å²) in [7, 11) is 1.59. The molecule has 0 aliphatic heterocycles. The van der Waals surface area contributed by atoms with E-state index in [1.54, 1.807) is 13.2 Å². The van der Waals surface area contributed by atoms with Crippen molar-refractivity contribution in [3.05, 3.63) is 45.0 Å². The highest BCUT2D eigenvalue weighted by atomic mass is 127. The average Bonchev–Trinajstić information content (AvgIpc) is 2.33. The van der Waals surface area contributed by atoms with Crippen LogP contribution in [-0.2, 0) is 0 Å². The molecule has 0 aromatic heterocycles. The Balaban J connectivity index is 2.26. The maximum Gasteiger partial charge on any atom is 0.137 e. The molecule has 2 rings (SSSR count). The molecule has 0 amide bonds. The largest absolute Gasteiger partial charge is 0.495 e. The van der Waals surface area contributed by atoms with Crippen molar-refractivity contribution < 1.29 is 4.74 Å². The molecule has 0 radical (unpaired) electrons. The SMILES string of the molecule is COc1ccc(Nc2ccc(I)cc2N)cc1Cl. The summed E-state index contributed by atoms with van der Waals surface area (Å²) in [5.74, 6) is 0.651. The van der Waals surface area contributed by atoms with E-state index in [0.717, 1.165) is 14.9 Å². The summed E-state index contributed by atoms with van der Waals surface area (Å²) < 4.78 is 6.20. The van der Waals surface area contributed by atoms with Crippen LogP contribution in [0.2, 0.25) is 5.02 Å². The number of hydrogen-bond donors (Lipinski definition) is 2. The number of rotatable bonds is 3. The molecule has 0 saturated heterocycles. The third-order valence-electron chi connectivity index (χ3n) is 2.44. The zero-order valence-corrected chi connectivity index (χ0v) is 12.6. The van der Waals surface area contributed by atoms with E-state index in [2.05, 4.69) is 27.9 Å². The first-order valence-corrected chi connectivity index (χ1v) is 6.71. The van der Waals surface area contributed by atoms with Gasteiger partial charge in [-0.05, 0) is 59.0 Å². The predicted octanol–water partition coefficient (Wildman–Crippen LogP) is 4.28. The van der Waals surface area contributed by atoms with Crippen molar-refractivity contribution >= 4 is 51.3 Å². The fourth-order valence-corrected chi connectivity index (χ4v) is 2.32. The van der Waals surface area contributed by atoms with Crippen LogP contribution in [0.1, 0.15) is 0 Å². The number of halogens is 2. The number of nitrogen functional groups attached to an aromatic ring is 1. The molecule has 2 aromatic carbocycles. The van der Waals surface area contributed by atoms with Gasteiger partial charge in [-0.15, -0.1) is 0 Å². The second kappa shape index (κ2) is 5.67. The maximum absolute atomic E-state index is 6.06. The van der Waals surface area contributed by atoms with Crippen molar-refractivity contribution in [1.29, 1.82) is 0 Å². The van der Waals surface area contributed by atoms with Gasteiger partial charge in [0.2, 0.25) is 0 Å². The smallest absolute Gasteiger partial charge is 0.137 e. The van der Waals surface area contributed by atoms with Crippen molar-refractivity contribution in [2.45, 2.75) is 0 Å². The van der Waals surface area contributed by atoms with Crippen molar-refractivity contribution in [3.63, 3.8) is 0 Å². The summed E-state index contributed by atoms with van der Waals surface area (Å²) >= 11 is 8.29. The first kappa shape index (κ1) is 13.3. The Morgan fingerprint density at radius 1 is 1.22 bits per heavy atom. The molecule has 0 spiro atoms. The van der Waals surface area contributed by atoms with Gasteiger partial charge in [-0.1, -0.05) is 11.6 Å². The van der Waals surface area contributed by atoms with E-state index in [4.69, 9.17) is 22.1 Å². The number of anilines is 3. The molecule has 0 aliphatic carbocycles. The lowest BCUT2D eigenvalue weighted by Crippen LogP contribution is -1.97. The Bertz CT molecular complexity index is 575. The van der Waals surface area contributed by atoms with Gasteiger partial charge in [0.05, 0.1) is 23.5 Å². The molecule has 2 aromatic rings. The molecule has 0 fully saturated rings. The molecular formula is C13H12ClIN2O. The van der Waals surface area contributed by atoms with E-state index in [1.165, 1.54) is 0 Å². The third-order valence-corrected chi connectivity index (χ3v) is 3.41. The van der Waals surface area contributed by atoms with Crippen LogP contribution in [0.5, 0.6) is 5.75 Å². The fraction of sp³-hybridized carbons (Fsp3) is 0.0769. The molecule has 0 aliphatic rings. The Morgan fingerprint density at radius 3 is 2.61 bits per heavy atom. The van der Waals surface area contributed by atoms with Crippen LogP contribution in [-0.4, -0.2) is 7.11 Å². The van der Waals surface area contributed by atoms with E-state index in [-0.39, 0.29) is 0 Å². The summed E-state index contributed by atoms with van der Waals surface area (Å²) in [5, 5.41) is 3.78. The Morgan fingerprint density at radius 2 is 2.00 bits per heavy atom. The van der Waals surface area contributed by atoms with Crippen molar-refractivity contribution in [3.8, 4) is 5.75 Å². The first-order chi connectivity index (χ1) is 8.60. The zero-order valence-electron chi connectivity index (χ0n) is 9.71. The van der Waals surface area contributed by atoms with Gasteiger partial charge in [0.15, 0.2) is 0 Å². The molecule has 0 bridgehead atoms. The zero-order chi connectivity index (χ0) is 13.1. The summed E-state index contributed by atoms with van der Waals surface area (Å²) in [4.78, 5) is 0. The number of nitrogens with two attached hydrogens (primary N) is 1. The van der Waals surface area contributed by atoms with Crippen LogP contribution < -0.4 is 15.8 Å². The van der Waals surface area contributed by atoms with Gasteiger partial charge in [0.1, 0.15) is 5.75 Å². The topological polar surface area (TPSA) is 47.3 Å². The standard InChI is InChI=1S/C13H12ClIN2O/c1-18-13-5-3-9(7-10(13)14)17-12-4-2-8(15)6-11(12)16/h2-7,17H,16H2,1H3. The molecule has 0 saturated carbocycles. The van der Waals surface area contributed by atoms with Gasteiger partial charge in [0, 0.05) is 9.26 Å². The Kier molecular flexibility index (Phi) is 4.19. The minimum Gasteiger partial charge on any atom is -0.495 e. The molecule has 0 heterocycles. The highest BCUT2D eigenvalue weighted by Gasteiger charge is 2.04. The van der Waals surface area contributed by atoms with Gasteiger partial charge in [-0.3, -0.25) is 0 Å². The van der Waals surface area contributed by atoms with Gasteiger partial charge < -0.3 is 15.8 Å². The molecule has 3 N–H and O–H groups in total. The summed E-state index contributed by atoms with van der Waals surface area (Å²) in [6.45, 7) is 0. The van der Waals surface area contributed by atoms with Gasteiger partial charge >= 0.3 is 0 Å². The van der Waals surface area contributed by atoms with Gasteiger partial charge in [0.25, 0.3) is 0 Å². The van der Waals surface area contributed by atoms with Crippen LogP contribution in [0.15, 0.2) is 36.4 Å². The number of methoxy groups -OCH3 is 1. The second-order valence-electron chi connectivity index (χ2n) is 3.71. The van der Waals surface area contributed by atoms with E-state index in [1.807, 2.05) is 30.3 Å². The monoisotopic (exact) mass is 374 g/mol. The Hall–Kier alpha value is -1.14. The summed E-state index contributed by atoms with van der Waals surface area (Å²) in [6.07, 6.45) is 0. The highest BCUT2D eigenvalue weighted by Crippen LogP contribution is 2.30. The molecule has 5 heteroatoms. The van der Waals surface area contributed by atoms with Crippen molar-refractivity contribution in [1.82, 2.24) is 0 Å². The quantitative estimate of drug-likeness (QED) is 0.623. The predicted molar refractivity (Wildman–Crippen MR) is 84.9 cm³/mol. The molecule has 3 nitrogen and oxygen atoms in total. The molecule has 0 atom stereocenters. The lowest BCUT2D eigenvalue weighted by Gasteiger charge is -2.11. The third kappa shape index (κ3) is 3.00. The van der Waals surface area contributed by atoms with E-state index < -0.39 is 0 Å². The lowest BCUT2D eigenvalue weighted by molar-refractivity contribution is 0.415. The molecule has 94 valence electrons. The first-order valence-electron chi connectivity index (χ1n) is 5.26. The number of ether oxygens (including phenoxy) is 1. The maximum atomic E-state index is 6.06. The van der Waals surface area contributed by atoms with E-state index in [9.17, 15) is 0 Å². The number of hydrogen-bond acceptors (Lipinski definition) is 3. The van der Waals surface area contributed by atoms with Crippen LogP contribution in [0.4, 0.5) is 17.1 Å². The molecule has 18 heavy (non-hydrogen) atoms. The molecule has 0 unspecified atom stereocenters. The van der Waals surface area contributed by atoms with E-state index >= 15 is 0 Å². The average molecular weight is 375 g/mol. The number of nitrogens with one attached hydrogen (secondary N) is 1. The van der Waals surface area contributed by atoms with Gasteiger partial charge in [-0.2, -0.15) is 0 Å². The lowest BCUT2D eigenvalue weighted by atomic mass is 10.2. The van der Waals surface area contributed by atoms with Crippen molar-refractivity contribution in [2.24, 2.45) is 0 Å². The minimum absolute atomic E-state index is 0.562. The summed E-state index contributed by atoms with van der Waals surface area (Å²) in [6, 6.07) is 11.3. The van der Waals surface area contributed by atoms with Gasteiger partial charge in [-0.25, -0.2) is 0 Å². The molecular weight excluding hydrogens is 363 g/mol. The highest BCUT2D eigenvalue weighted by molar-refractivity contribution is 14.1. The van der Waals surface area contributed by atoms with E-state index in [0.29, 0.717) is 16.5 Å². The van der Waals surface area contributed by atoms with Crippen LogP contribution in [0, 0.1) is 3.57 Å². The fourth-order valence-electron chi connectivity index (χ4n) is 1.55. The Labute approximate surface area is 124 Å². The normalized spacial score (nSPS) is 10.2. The van der Waals surface area contributed by atoms with Crippen LogP contribution in [0.3, 0.4) is 0 Å².